The van der Waals surface area contributed by atoms with Gasteiger partial charge in [0.15, 0.2) is 5.11 Å². The monoisotopic (exact) mass is 314 g/mol. The van der Waals surface area contributed by atoms with E-state index in [9.17, 15) is 0 Å². The summed E-state index contributed by atoms with van der Waals surface area (Å²) in [7, 11) is 1.65. The molecule has 22 heavy (non-hydrogen) atoms. The zero-order valence-electron chi connectivity index (χ0n) is 13.2. The summed E-state index contributed by atoms with van der Waals surface area (Å²) in [5.41, 5.74) is 3.26. The quantitative estimate of drug-likeness (QED) is 0.759. The average Bonchev–Trinajstić information content (AvgIpc) is 2.55. The van der Waals surface area contributed by atoms with Gasteiger partial charge in [0, 0.05) is 11.4 Å². The number of anilines is 2. The normalized spacial score (nSPS) is 11.6. The first-order chi connectivity index (χ1) is 10.6. The molecule has 0 bridgehead atoms. The summed E-state index contributed by atoms with van der Waals surface area (Å²) in [6.07, 6.45) is 1.14. The highest BCUT2D eigenvalue weighted by atomic mass is 32.1. The standard InChI is InChI=1S/C18H22N2OS/c1-4-13(2)14-5-7-15(8-6-14)19-18(22)20-16-9-11-17(21-3)12-10-16/h5-13H,4H2,1-3H3,(H2,19,20,22)/t13-/m0/s1. The van der Waals surface area contributed by atoms with Gasteiger partial charge in [-0.1, -0.05) is 26.0 Å². The summed E-state index contributed by atoms with van der Waals surface area (Å²) < 4.78 is 5.13. The van der Waals surface area contributed by atoms with Crippen molar-refractivity contribution < 1.29 is 4.74 Å². The second-order valence-electron chi connectivity index (χ2n) is 5.24. The molecular weight excluding hydrogens is 292 g/mol. The molecule has 0 aliphatic rings. The second-order valence-corrected chi connectivity index (χ2v) is 5.65. The average molecular weight is 314 g/mol. The van der Waals surface area contributed by atoms with Crippen molar-refractivity contribution in [3.8, 4) is 5.75 Å². The Morgan fingerprint density at radius 2 is 1.50 bits per heavy atom. The minimum atomic E-state index is 0.571. The fourth-order valence-corrected chi connectivity index (χ4v) is 2.33. The molecule has 0 aliphatic carbocycles. The molecule has 4 heteroatoms. The number of ether oxygens (including phenoxy) is 1. The first kappa shape index (κ1) is 16.3. The molecule has 0 radical (unpaired) electrons. The molecule has 0 aromatic heterocycles. The highest BCUT2D eigenvalue weighted by molar-refractivity contribution is 7.80. The molecule has 3 nitrogen and oxygen atoms in total. The molecule has 0 amide bonds. The van der Waals surface area contributed by atoms with E-state index in [-0.39, 0.29) is 0 Å². The van der Waals surface area contributed by atoms with E-state index in [0.717, 1.165) is 23.5 Å². The predicted octanol–water partition coefficient (Wildman–Crippen LogP) is 5.02. The van der Waals surface area contributed by atoms with Gasteiger partial charge in [-0.05, 0) is 66.5 Å². The van der Waals surface area contributed by atoms with Gasteiger partial charge in [0.25, 0.3) is 0 Å². The third kappa shape index (κ3) is 4.46. The number of hydrogen-bond acceptors (Lipinski definition) is 2. The van der Waals surface area contributed by atoms with Crippen molar-refractivity contribution in [1.82, 2.24) is 0 Å². The summed E-state index contributed by atoms with van der Waals surface area (Å²) in [6, 6.07) is 16.1. The van der Waals surface area contributed by atoms with E-state index < -0.39 is 0 Å². The molecule has 2 aromatic rings. The van der Waals surface area contributed by atoms with Gasteiger partial charge in [-0.15, -0.1) is 0 Å². The lowest BCUT2D eigenvalue weighted by Gasteiger charge is -2.13. The molecule has 2 aromatic carbocycles. The van der Waals surface area contributed by atoms with Gasteiger partial charge in [0.05, 0.1) is 7.11 Å². The maximum Gasteiger partial charge on any atom is 0.175 e. The predicted molar refractivity (Wildman–Crippen MR) is 98.0 cm³/mol. The Morgan fingerprint density at radius 3 is 1.95 bits per heavy atom. The van der Waals surface area contributed by atoms with Crippen molar-refractivity contribution in [1.29, 1.82) is 0 Å². The van der Waals surface area contributed by atoms with Gasteiger partial charge in [0.2, 0.25) is 0 Å². The smallest absolute Gasteiger partial charge is 0.175 e. The first-order valence-electron chi connectivity index (χ1n) is 7.44. The van der Waals surface area contributed by atoms with Crippen molar-refractivity contribution in [2.75, 3.05) is 17.7 Å². The molecule has 0 saturated heterocycles. The Hall–Kier alpha value is -2.07. The summed E-state index contributed by atoms with van der Waals surface area (Å²) in [6.45, 7) is 4.43. The van der Waals surface area contributed by atoms with E-state index >= 15 is 0 Å². The maximum absolute atomic E-state index is 5.33. The Bertz CT molecular complexity index is 608. The van der Waals surface area contributed by atoms with Crippen LogP contribution in [0.3, 0.4) is 0 Å². The summed E-state index contributed by atoms with van der Waals surface area (Å²) >= 11 is 5.33. The van der Waals surface area contributed by atoms with Crippen LogP contribution in [-0.4, -0.2) is 12.2 Å². The minimum Gasteiger partial charge on any atom is -0.497 e. The number of thiocarbonyl (C=S) groups is 1. The Labute approximate surface area is 137 Å². The zero-order chi connectivity index (χ0) is 15.9. The summed E-state index contributed by atoms with van der Waals surface area (Å²) in [5.74, 6) is 1.41. The van der Waals surface area contributed by atoms with Crippen molar-refractivity contribution in [2.24, 2.45) is 0 Å². The molecule has 2 rings (SSSR count). The van der Waals surface area contributed by atoms with Crippen LogP contribution in [0.25, 0.3) is 0 Å². The van der Waals surface area contributed by atoms with E-state index in [1.165, 1.54) is 5.56 Å². The van der Waals surface area contributed by atoms with Gasteiger partial charge in [0.1, 0.15) is 5.75 Å². The second kappa shape index (κ2) is 7.80. The SMILES string of the molecule is CC[C@H](C)c1ccc(NC(=S)Nc2ccc(OC)cc2)cc1. The molecule has 0 saturated carbocycles. The van der Waals surface area contributed by atoms with Crippen LogP contribution in [0.4, 0.5) is 11.4 Å². The number of rotatable bonds is 5. The molecule has 0 unspecified atom stereocenters. The van der Waals surface area contributed by atoms with Crippen molar-refractivity contribution >= 4 is 28.7 Å². The molecular formula is C18H22N2OS. The molecule has 0 fully saturated rings. The van der Waals surface area contributed by atoms with Crippen LogP contribution in [-0.2, 0) is 0 Å². The van der Waals surface area contributed by atoms with Crippen LogP contribution in [0, 0.1) is 0 Å². The van der Waals surface area contributed by atoms with E-state index in [4.69, 9.17) is 17.0 Å². The lowest BCUT2D eigenvalue weighted by atomic mass is 9.99. The van der Waals surface area contributed by atoms with Crippen LogP contribution in [0.15, 0.2) is 48.5 Å². The fourth-order valence-electron chi connectivity index (χ4n) is 2.10. The van der Waals surface area contributed by atoms with E-state index in [1.54, 1.807) is 7.11 Å². The van der Waals surface area contributed by atoms with Crippen molar-refractivity contribution in [2.45, 2.75) is 26.2 Å². The van der Waals surface area contributed by atoms with Gasteiger partial charge in [-0.3, -0.25) is 0 Å². The van der Waals surface area contributed by atoms with E-state index in [1.807, 2.05) is 24.3 Å². The number of methoxy groups -OCH3 is 1. The van der Waals surface area contributed by atoms with Crippen LogP contribution >= 0.6 is 12.2 Å². The van der Waals surface area contributed by atoms with E-state index in [2.05, 4.69) is 48.7 Å². The van der Waals surface area contributed by atoms with Crippen LogP contribution in [0.1, 0.15) is 31.7 Å². The third-order valence-corrected chi connectivity index (χ3v) is 3.90. The van der Waals surface area contributed by atoms with Gasteiger partial charge < -0.3 is 15.4 Å². The minimum absolute atomic E-state index is 0.571. The van der Waals surface area contributed by atoms with Crippen LogP contribution < -0.4 is 15.4 Å². The molecule has 2 N–H and O–H groups in total. The maximum atomic E-state index is 5.33. The fraction of sp³-hybridized carbons (Fsp3) is 0.278. The zero-order valence-corrected chi connectivity index (χ0v) is 14.0. The van der Waals surface area contributed by atoms with Crippen LogP contribution in [0.5, 0.6) is 5.75 Å². The van der Waals surface area contributed by atoms with Crippen molar-refractivity contribution in [3.05, 3.63) is 54.1 Å². The number of nitrogens with one attached hydrogen (secondary N) is 2. The highest BCUT2D eigenvalue weighted by Gasteiger charge is 2.03. The Kier molecular flexibility index (Phi) is 5.78. The summed E-state index contributed by atoms with van der Waals surface area (Å²) in [4.78, 5) is 0. The largest absolute Gasteiger partial charge is 0.497 e. The molecule has 1 atom stereocenters. The molecule has 0 aliphatic heterocycles. The Balaban J connectivity index is 1.93. The molecule has 116 valence electrons. The third-order valence-electron chi connectivity index (χ3n) is 3.70. The van der Waals surface area contributed by atoms with E-state index in [0.29, 0.717) is 11.0 Å². The van der Waals surface area contributed by atoms with Crippen LogP contribution in [0.2, 0.25) is 0 Å². The number of hydrogen-bond donors (Lipinski definition) is 2. The highest BCUT2D eigenvalue weighted by Crippen LogP contribution is 2.21. The molecule has 0 spiro atoms. The number of benzene rings is 2. The first-order valence-corrected chi connectivity index (χ1v) is 7.85. The van der Waals surface area contributed by atoms with Gasteiger partial charge >= 0.3 is 0 Å². The van der Waals surface area contributed by atoms with Gasteiger partial charge in [-0.25, -0.2) is 0 Å². The summed E-state index contributed by atoms with van der Waals surface area (Å²) in [5, 5.41) is 6.92. The lowest BCUT2D eigenvalue weighted by Crippen LogP contribution is -2.18. The Morgan fingerprint density at radius 1 is 1.00 bits per heavy atom. The lowest BCUT2D eigenvalue weighted by molar-refractivity contribution is 0.415. The topological polar surface area (TPSA) is 33.3 Å². The van der Waals surface area contributed by atoms with Crippen molar-refractivity contribution in [3.63, 3.8) is 0 Å². The molecule has 0 heterocycles. The van der Waals surface area contributed by atoms with Gasteiger partial charge in [-0.2, -0.15) is 0 Å².